The number of hydrogen-bond acceptors (Lipinski definition) is 0. The maximum absolute atomic E-state index is 5.59. The van der Waals surface area contributed by atoms with Crippen molar-refractivity contribution in [3.8, 4) is 0 Å². The fourth-order valence-electron chi connectivity index (χ4n) is 1.38. The van der Waals surface area contributed by atoms with Gasteiger partial charge in [0.25, 0.3) is 0 Å². The molecule has 0 unspecified atom stereocenters. The van der Waals surface area contributed by atoms with Gasteiger partial charge in [0.2, 0.25) is 0 Å². The van der Waals surface area contributed by atoms with E-state index < -0.39 is 0 Å². The van der Waals surface area contributed by atoms with Crippen LogP contribution in [-0.2, 0) is 6.32 Å². The first kappa shape index (κ1) is 10.1. The van der Waals surface area contributed by atoms with Gasteiger partial charge in [0.15, 0.2) is 0 Å². The van der Waals surface area contributed by atoms with Crippen LogP contribution in [0.2, 0.25) is 0 Å². The molecule has 1 aromatic rings. The molecule has 0 aliphatic carbocycles. The largest absolute Gasteiger partial charge is 0.0841 e. The summed E-state index contributed by atoms with van der Waals surface area (Å²) in [5.41, 5.74) is 5.13. The van der Waals surface area contributed by atoms with Crippen LogP contribution >= 0.6 is 0 Å². The average molecular weight is 170 g/mol. The number of benzene rings is 1. The molecule has 0 aliphatic rings. The van der Waals surface area contributed by atoms with Crippen molar-refractivity contribution >= 4 is 13.4 Å². The molecule has 13 heavy (non-hydrogen) atoms. The molecule has 1 aromatic carbocycles. The van der Waals surface area contributed by atoms with E-state index in [0.29, 0.717) is 6.32 Å². The third-order valence-corrected chi connectivity index (χ3v) is 2.40. The second-order valence-corrected chi connectivity index (χ2v) is 3.33. The van der Waals surface area contributed by atoms with Crippen LogP contribution in [0.25, 0.3) is 5.57 Å². The van der Waals surface area contributed by atoms with E-state index in [0.717, 1.165) is 0 Å². The van der Waals surface area contributed by atoms with E-state index >= 15 is 0 Å². The quantitative estimate of drug-likeness (QED) is 0.598. The Labute approximate surface area is 82.1 Å². The van der Waals surface area contributed by atoms with Crippen LogP contribution < -0.4 is 0 Å². The maximum Gasteiger partial charge on any atom is 0.0716 e. The predicted molar refractivity (Wildman–Crippen MR) is 60.0 cm³/mol. The lowest BCUT2D eigenvalue weighted by Crippen LogP contribution is -1.90. The monoisotopic (exact) mass is 170 g/mol. The van der Waals surface area contributed by atoms with Crippen LogP contribution in [0.3, 0.4) is 0 Å². The van der Waals surface area contributed by atoms with Crippen LogP contribution in [0.5, 0.6) is 0 Å². The zero-order chi connectivity index (χ0) is 9.84. The number of allylic oxidation sites excluding steroid dienone is 2. The molecule has 0 N–H and O–H groups in total. The summed E-state index contributed by atoms with van der Waals surface area (Å²) < 4.78 is 0. The van der Waals surface area contributed by atoms with Gasteiger partial charge >= 0.3 is 0 Å². The second-order valence-electron chi connectivity index (χ2n) is 3.33. The molecular weight excluding hydrogens is 155 g/mol. The van der Waals surface area contributed by atoms with E-state index in [1.807, 2.05) is 0 Å². The Morgan fingerprint density at radius 2 is 2.15 bits per heavy atom. The van der Waals surface area contributed by atoms with Crippen molar-refractivity contribution < 1.29 is 0 Å². The standard InChI is InChI=1S/C12H15B/c1-4-9(2)12-7-11(8-13)6-5-10(12)3/h4-7H,8H2,1-3H3/b9-4-. The minimum atomic E-state index is 0.615. The number of hydrogen-bond donors (Lipinski definition) is 0. The Morgan fingerprint density at radius 1 is 1.46 bits per heavy atom. The van der Waals surface area contributed by atoms with Gasteiger partial charge in [-0.15, -0.1) is 0 Å². The lowest BCUT2D eigenvalue weighted by Gasteiger charge is -2.07. The fourth-order valence-corrected chi connectivity index (χ4v) is 1.38. The van der Waals surface area contributed by atoms with Crippen LogP contribution in [0.15, 0.2) is 24.3 Å². The first-order valence-corrected chi connectivity index (χ1v) is 4.62. The summed E-state index contributed by atoms with van der Waals surface area (Å²) in [4.78, 5) is 0. The van der Waals surface area contributed by atoms with E-state index in [1.165, 1.54) is 22.3 Å². The van der Waals surface area contributed by atoms with Crippen molar-refractivity contribution in [3.63, 3.8) is 0 Å². The highest BCUT2D eigenvalue weighted by Crippen LogP contribution is 2.19. The highest BCUT2D eigenvalue weighted by atomic mass is 14.0. The van der Waals surface area contributed by atoms with Crippen molar-refractivity contribution in [1.82, 2.24) is 0 Å². The molecule has 0 amide bonds. The molecule has 0 spiro atoms. The fraction of sp³-hybridized carbons (Fsp3) is 0.333. The molecule has 0 saturated heterocycles. The lowest BCUT2D eigenvalue weighted by atomic mass is 9.92. The molecule has 66 valence electrons. The summed E-state index contributed by atoms with van der Waals surface area (Å²) in [6, 6.07) is 6.39. The molecule has 1 rings (SSSR count). The van der Waals surface area contributed by atoms with Gasteiger partial charge < -0.3 is 0 Å². The maximum atomic E-state index is 5.59. The van der Waals surface area contributed by atoms with Crippen molar-refractivity contribution in [2.75, 3.05) is 0 Å². The van der Waals surface area contributed by atoms with E-state index in [-0.39, 0.29) is 0 Å². The van der Waals surface area contributed by atoms with Gasteiger partial charge in [-0.2, -0.15) is 0 Å². The molecule has 0 aromatic heterocycles. The van der Waals surface area contributed by atoms with Gasteiger partial charge in [-0.1, -0.05) is 36.2 Å². The molecule has 2 radical (unpaired) electrons. The van der Waals surface area contributed by atoms with Gasteiger partial charge in [0.1, 0.15) is 0 Å². The Kier molecular flexibility index (Phi) is 3.35. The van der Waals surface area contributed by atoms with Crippen molar-refractivity contribution in [1.29, 1.82) is 0 Å². The Bertz CT molecular complexity index is 324. The van der Waals surface area contributed by atoms with E-state index in [9.17, 15) is 0 Å². The van der Waals surface area contributed by atoms with Crippen molar-refractivity contribution in [2.45, 2.75) is 27.1 Å². The van der Waals surface area contributed by atoms with Crippen molar-refractivity contribution in [3.05, 3.63) is 41.0 Å². The first-order valence-electron chi connectivity index (χ1n) is 4.62. The summed E-state index contributed by atoms with van der Waals surface area (Å²) in [6.07, 6.45) is 2.74. The smallest absolute Gasteiger partial charge is 0.0716 e. The molecule has 1 heteroatoms. The van der Waals surface area contributed by atoms with Crippen LogP contribution in [-0.4, -0.2) is 7.85 Å². The minimum absolute atomic E-state index is 0.615. The Morgan fingerprint density at radius 3 is 2.69 bits per heavy atom. The summed E-state index contributed by atoms with van der Waals surface area (Å²) >= 11 is 0. The van der Waals surface area contributed by atoms with Gasteiger partial charge in [-0.25, -0.2) is 0 Å². The summed E-state index contributed by atoms with van der Waals surface area (Å²) in [5, 5.41) is 0. The SMILES string of the molecule is [B]Cc1ccc(C)c(/C(C)=C\C)c1. The molecule has 0 atom stereocenters. The van der Waals surface area contributed by atoms with Crippen LogP contribution in [0.1, 0.15) is 30.5 Å². The molecule has 0 saturated carbocycles. The normalized spacial score (nSPS) is 11.8. The zero-order valence-corrected chi connectivity index (χ0v) is 8.59. The van der Waals surface area contributed by atoms with Crippen LogP contribution in [0.4, 0.5) is 0 Å². The minimum Gasteiger partial charge on any atom is -0.0841 e. The summed E-state index contributed by atoms with van der Waals surface area (Å²) in [7, 11) is 5.59. The molecule has 0 heterocycles. The third kappa shape index (κ3) is 2.24. The van der Waals surface area contributed by atoms with Gasteiger partial charge in [0, 0.05) is 0 Å². The summed E-state index contributed by atoms with van der Waals surface area (Å²) in [5.74, 6) is 0. The van der Waals surface area contributed by atoms with Gasteiger partial charge in [-0.3, -0.25) is 0 Å². The number of rotatable bonds is 2. The first-order chi connectivity index (χ1) is 6.19. The molecule has 0 fully saturated rings. The predicted octanol–water partition coefficient (Wildman–Crippen LogP) is 3.09. The topological polar surface area (TPSA) is 0 Å². The zero-order valence-electron chi connectivity index (χ0n) is 8.59. The summed E-state index contributed by atoms with van der Waals surface area (Å²) in [6.45, 7) is 6.31. The van der Waals surface area contributed by atoms with E-state index in [2.05, 4.69) is 45.0 Å². The highest BCUT2D eigenvalue weighted by molar-refractivity contribution is 6.08. The van der Waals surface area contributed by atoms with Gasteiger partial charge in [-0.05, 0) is 37.5 Å². The lowest BCUT2D eigenvalue weighted by molar-refractivity contribution is 1.32. The van der Waals surface area contributed by atoms with Crippen molar-refractivity contribution in [2.24, 2.45) is 0 Å². The highest BCUT2D eigenvalue weighted by Gasteiger charge is 2.00. The van der Waals surface area contributed by atoms with Gasteiger partial charge in [0.05, 0.1) is 7.85 Å². The Balaban J connectivity index is 3.19. The number of aryl methyl sites for hydroxylation is 1. The average Bonchev–Trinajstić information content (AvgIpc) is 2.17. The molecular formula is C12H15B. The van der Waals surface area contributed by atoms with E-state index in [4.69, 9.17) is 7.85 Å². The van der Waals surface area contributed by atoms with E-state index in [1.54, 1.807) is 0 Å². The third-order valence-electron chi connectivity index (χ3n) is 2.40. The molecule has 0 aliphatic heterocycles. The second kappa shape index (κ2) is 4.31. The molecule has 0 nitrogen and oxygen atoms in total. The Hall–Kier alpha value is -0.975. The van der Waals surface area contributed by atoms with Crippen LogP contribution in [0, 0.1) is 6.92 Å². The molecule has 0 bridgehead atoms.